The first kappa shape index (κ1) is 15.1. The molecular weight excluding hydrogens is 246 g/mol. The normalized spacial score (nSPS) is 13.9. The van der Waals surface area contributed by atoms with Crippen LogP contribution in [0.2, 0.25) is 0 Å². The van der Waals surface area contributed by atoms with Gasteiger partial charge in [-0.25, -0.2) is 0 Å². The summed E-state index contributed by atoms with van der Waals surface area (Å²) in [6.07, 6.45) is 1.06. The Kier molecular flexibility index (Phi) is 3.97. The van der Waals surface area contributed by atoms with Gasteiger partial charge in [-0.05, 0) is 49.9 Å². The highest BCUT2D eigenvalue weighted by Crippen LogP contribution is 2.37. The third-order valence-electron chi connectivity index (χ3n) is 4.18. The van der Waals surface area contributed by atoms with Gasteiger partial charge in [0.15, 0.2) is 0 Å². The highest BCUT2D eigenvalue weighted by molar-refractivity contribution is 5.86. The van der Waals surface area contributed by atoms with Crippen molar-refractivity contribution in [2.75, 3.05) is 7.05 Å². The van der Waals surface area contributed by atoms with Gasteiger partial charge in [0.25, 0.3) is 0 Å². The zero-order chi connectivity index (χ0) is 15.1. The minimum Gasteiger partial charge on any atom is -0.459 e. The van der Waals surface area contributed by atoms with Crippen LogP contribution in [-0.4, -0.2) is 7.05 Å². The molecule has 0 aliphatic heterocycles. The number of furan rings is 1. The second-order valence-corrected chi connectivity index (χ2v) is 6.73. The summed E-state index contributed by atoms with van der Waals surface area (Å²) in [6, 6.07) is 4.83. The topological polar surface area (TPSA) is 25.2 Å². The van der Waals surface area contributed by atoms with Crippen molar-refractivity contribution in [1.29, 1.82) is 0 Å². The van der Waals surface area contributed by atoms with E-state index in [1.54, 1.807) is 0 Å². The zero-order valence-corrected chi connectivity index (χ0v) is 13.8. The van der Waals surface area contributed by atoms with Crippen molar-refractivity contribution in [3.05, 3.63) is 34.6 Å². The average Bonchev–Trinajstić information content (AvgIpc) is 2.73. The van der Waals surface area contributed by atoms with Gasteiger partial charge in [-0.3, -0.25) is 0 Å². The largest absolute Gasteiger partial charge is 0.459 e. The monoisotopic (exact) mass is 273 g/mol. The third kappa shape index (κ3) is 2.49. The standard InChI is InChI=1S/C18H27NO/c1-8-13-9-14-11(2)16(12(3)19-7)20-17(14)15(10-13)18(4,5)6/h9-10,12,19H,8H2,1-7H3. The maximum absolute atomic E-state index is 6.25. The smallest absolute Gasteiger partial charge is 0.138 e. The Morgan fingerprint density at radius 3 is 2.40 bits per heavy atom. The molecule has 0 saturated carbocycles. The fourth-order valence-corrected chi connectivity index (χ4v) is 2.70. The lowest BCUT2D eigenvalue weighted by atomic mass is 9.84. The molecule has 1 atom stereocenters. The van der Waals surface area contributed by atoms with Crippen LogP contribution in [0.3, 0.4) is 0 Å². The SMILES string of the molecule is CCc1cc(C(C)(C)C)c2oc(C(C)NC)c(C)c2c1. The summed E-state index contributed by atoms with van der Waals surface area (Å²) >= 11 is 0. The predicted octanol–water partition coefficient (Wildman–Crippen LogP) is 4.88. The van der Waals surface area contributed by atoms with Crippen LogP contribution in [0.5, 0.6) is 0 Å². The van der Waals surface area contributed by atoms with Gasteiger partial charge in [0, 0.05) is 10.9 Å². The lowest BCUT2D eigenvalue weighted by Crippen LogP contribution is -2.12. The van der Waals surface area contributed by atoms with E-state index in [0.717, 1.165) is 17.8 Å². The van der Waals surface area contributed by atoms with Gasteiger partial charge in [-0.15, -0.1) is 0 Å². The third-order valence-corrected chi connectivity index (χ3v) is 4.18. The average molecular weight is 273 g/mol. The van der Waals surface area contributed by atoms with Gasteiger partial charge < -0.3 is 9.73 Å². The Labute approximate surface area is 122 Å². The molecule has 20 heavy (non-hydrogen) atoms. The van der Waals surface area contributed by atoms with E-state index in [4.69, 9.17) is 4.42 Å². The minimum atomic E-state index is 0.0911. The molecule has 0 bridgehead atoms. The highest BCUT2D eigenvalue weighted by atomic mass is 16.3. The molecule has 1 N–H and O–H groups in total. The zero-order valence-electron chi connectivity index (χ0n) is 13.8. The molecule has 2 aromatic rings. The molecule has 110 valence electrons. The molecule has 0 aliphatic carbocycles. The number of nitrogens with one attached hydrogen (secondary N) is 1. The van der Waals surface area contributed by atoms with E-state index in [1.165, 1.54) is 22.1 Å². The number of hydrogen-bond acceptors (Lipinski definition) is 2. The Hall–Kier alpha value is -1.28. The van der Waals surface area contributed by atoms with Crippen LogP contribution >= 0.6 is 0 Å². The van der Waals surface area contributed by atoms with Crippen LogP contribution in [0, 0.1) is 6.92 Å². The summed E-state index contributed by atoms with van der Waals surface area (Å²) in [7, 11) is 1.97. The van der Waals surface area contributed by atoms with Crippen molar-refractivity contribution >= 4 is 11.0 Å². The quantitative estimate of drug-likeness (QED) is 0.862. The minimum absolute atomic E-state index is 0.0911. The number of benzene rings is 1. The van der Waals surface area contributed by atoms with E-state index in [-0.39, 0.29) is 11.5 Å². The van der Waals surface area contributed by atoms with Gasteiger partial charge in [-0.2, -0.15) is 0 Å². The molecule has 0 saturated heterocycles. The van der Waals surface area contributed by atoms with E-state index in [9.17, 15) is 0 Å². The molecule has 2 rings (SSSR count). The molecule has 0 spiro atoms. The molecule has 1 unspecified atom stereocenters. The van der Waals surface area contributed by atoms with Gasteiger partial charge >= 0.3 is 0 Å². The van der Waals surface area contributed by atoms with Crippen molar-refractivity contribution < 1.29 is 4.42 Å². The molecule has 1 heterocycles. The van der Waals surface area contributed by atoms with E-state index in [1.807, 2.05) is 7.05 Å². The van der Waals surface area contributed by atoms with Crippen LogP contribution in [0.4, 0.5) is 0 Å². The summed E-state index contributed by atoms with van der Waals surface area (Å²) in [5.41, 5.74) is 5.11. The van der Waals surface area contributed by atoms with Gasteiger partial charge in [-0.1, -0.05) is 33.8 Å². The lowest BCUT2D eigenvalue weighted by Gasteiger charge is -2.20. The van der Waals surface area contributed by atoms with Crippen molar-refractivity contribution in [1.82, 2.24) is 5.32 Å². The lowest BCUT2D eigenvalue weighted by molar-refractivity contribution is 0.463. The first-order chi connectivity index (χ1) is 9.29. The maximum atomic E-state index is 6.25. The summed E-state index contributed by atoms with van der Waals surface area (Å²) in [5.74, 6) is 1.06. The first-order valence-electron chi connectivity index (χ1n) is 7.53. The second kappa shape index (κ2) is 5.25. The van der Waals surface area contributed by atoms with Crippen molar-refractivity contribution in [2.24, 2.45) is 0 Å². The fraction of sp³-hybridized carbons (Fsp3) is 0.556. The molecular formula is C18H27NO. The summed E-state index contributed by atoms with van der Waals surface area (Å²) < 4.78 is 6.25. The van der Waals surface area contributed by atoms with Crippen LogP contribution in [0.15, 0.2) is 16.5 Å². The predicted molar refractivity (Wildman–Crippen MR) is 86.5 cm³/mol. The number of aryl methyl sites for hydroxylation is 2. The van der Waals surface area contributed by atoms with E-state index >= 15 is 0 Å². The Balaban J connectivity index is 2.79. The Morgan fingerprint density at radius 1 is 1.25 bits per heavy atom. The van der Waals surface area contributed by atoms with Gasteiger partial charge in [0.2, 0.25) is 0 Å². The molecule has 1 aromatic carbocycles. The van der Waals surface area contributed by atoms with Crippen LogP contribution in [0.25, 0.3) is 11.0 Å². The number of fused-ring (bicyclic) bond motifs is 1. The summed E-state index contributed by atoms with van der Waals surface area (Å²) in [4.78, 5) is 0. The summed E-state index contributed by atoms with van der Waals surface area (Å²) in [5, 5.41) is 4.55. The summed E-state index contributed by atoms with van der Waals surface area (Å²) in [6.45, 7) is 13.3. The van der Waals surface area contributed by atoms with Crippen LogP contribution in [-0.2, 0) is 11.8 Å². The van der Waals surface area contributed by atoms with Gasteiger partial charge in [0.05, 0.1) is 6.04 Å². The van der Waals surface area contributed by atoms with Crippen LogP contribution in [0.1, 0.15) is 63.1 Å². The van der Waals surface area contributed by atoms with Crippen molar-refractivity contribution in [2.45, 2.75) is 59.4 Å². The van der Waals surface area contributed by atoms with Gasteiger partial charge in [0.1, 0.15) is 11.3 Å². The highest BCUT2D eigenvalue weighted by Gasteiger charge is 2.24. The molecule has 0 radical (unpaired) electrons. The van der Waals surface area contributed by atoms with E-state index in [0.29, 0.717) is 0 Å². The first-order valence-corrected chi connectivity index (χ1v) is 7.53. The molecule has 0 fully saturated rings. The molecule has 0 amide bonds. The Morgan fingerprint density at radius 2 is 1.90 bits per heavy atom. The maximum Gasteiger partial charge on any atom is 0.138 e. The number of hydrogen-bond donors (Lipinski definition) is 1. The van der Waals surface area contributed by atoms with Crippen LogP contribution < -0.4 is 5.32 Å². The fourth-order valence-electron chi connectivity index (χ4n) is 2.70. The second-order valence-electron chi connectivity index (χ2n) is 6.73. The molecule has 2 nitrogen and oxygen atoms in total. The number of rotatable bonds is 3. The van der Waals surface area contributed by atoms with Crippen molar-refractivity contribution in [3.8, 4) is 0 Å². The van der Waals surface area contributed by atoms with E-state index in [2.05, 4.69) is 59.0 Å². The molecule has 1 aromatic heterocycles. The molecule has 2 heteroatoms. The van der Waals surface area contributed by atoms with Crippen molar-refractivity contribution in [3.63, 3.8) is 0 Å². The van der Waals surface area contributed by atoms with E-state index < -0.39 is 0 Å². The Bertz CT molecular complexity index is 616. The molecule has 0 aliphatic rings.